The number of nitrogens with two attached hydrogens (primary N) is 1. The van der Waals surface area contributed by atoms with Crippen molar-refractivity contribution in [3.8, 4) is 17.2 Å². The molecular weight excluding hydrogens is 432 g/mol. The first-order valence-electron chi connectivity index (χ1n) is 11.6. The van der Waals surface area contributed by atoms with E-state index in [4.69, 9.17) is 5.73 Å². The van der Waals surface area contributed by atoms with Gasteiger partial charge < -0.3 is 16.0 Å². The molecule has 6 rings (SSSR count). The number of nitriles is 1. The molecule has 1 atom stereocenters. The fourth-order valence-corrected chi connectivity index (χ4v) is 5.56. The number of rotatable bonds is 5. The van der Waals surface area contributed by atoms with Crippen LogP contribution >= 0.6 is 0 Å². The van der Waals surface area contributed by atoms with Crippen LogP contribution in [-0.4, -0.2) is 55.2 Å². The zero-order valence-corrected chi connectivity index (χ0v) is 19.0. The van der Waals surface area contributed by atoms with Gasteiger partial charge in [0.15, 0.2) is 0 Å². The molecule has 4 heterocycles. The summed E-state index contributed by atoms with van der Waals surface area (Å²) >= 11 is 0. The highest BCUT2D eigenvalue weighted by Gasteiger charge is 2.58. The minimum Gasteiger partial charge on any atom is -0.377 e. The Hall–Kier alpha value is -3.87. The summed E-state index contributed by atoms with van der Waals surface area (Å²) < 4.78 is 3.47. The highest BCUT2D eigenvalue weighted by Crippen LogP contribution is 2.53. The quantitative estimate of drug-likeness (QED) is 0.600. The number of anilines is 1. The first-order chi connectivity index (χ1) is 16.3. The fourth-order valence-electron chi connectivity index (χ4n) is 5.56. The number of amides is 2. The predicted octanol–water partition coefficient (Wildman–Crippen LogP) is 1.93. The van der Waals surface area contributed by atoms with Crippen molar-refractivity contribution < 1.29 is 9.59 Å². The Morgan fingerprint density at radius 2 is 1.97 bits per heavy atom. The lowest BCUT2D eigenvalue weighted by Gasteiger charge is -2.43. The smallest absolute Gasteiger partial charge is 0.252 e. The van der Waals surface area contributed by atoms with E-state index in [1.54, 1.807) is 15.4 Å². The van der Waals surface area contributed by atoms with Crippen molar-refractivity contribution in [2.75, 3.05) is 18.4 Å². The zero-order chi connectivity index (χ0) is 23.7. The van der Waals surface area contributed by atoms with Gasteiger partial charge in [0.2, 0.25) is 5.91 Å². The lowest BCUT2D eigenvalue weighted by atomic mass is 9.65. The Labute approximate surface area is 196 Å². The molecule has 1 unspecified atom stereocenters. The number of primary amides is 1. The molecule has 174 valence electrons. The zero-order valence-electron chi connectivity index (χ0n) is 19.0. The van der Waals surface area contributed by atoms with Crippen molar-refractivity contribution in [1.29, 1.82) is 5.26 Å². The molecule has 0 aromatic carbocycles. The van der Waals surface area contributed by atoms with E-state index in [0.717, 1.165) is 35.9 Å². The summed E-state index contributed by atoms with van der Waals surface area (Å²) in [5, 5.41) is 21.8. The van der Waals surface area contributed by atoms with E-state index >= 15 is 0 Å². The van der Waals surface area contributed by atoms with Crippen molar-refractivity contribution in [2.24, 2.45) is 23.6 Å². The summed E-state index contributed by atoms with van der Waals surface area (Å²) in [6, 6.07) is 4.16. The number of likely N-dealkylation sites (tertiary alicyclic amines) is 1. The predicted molar refractivity (Wildman–Crippen MR) is 123 cm³/mol. The number of fused-ring (bicyclic) bond motifs is 1. The van der Waals surface area contributed by atoms with Crippen molar-refractivity contribution in [3.05, 3.63) is 36.4 Å². The minimum atomic E-state index is -0.831. The van der Waals surface area contributed by atoms with Gasteiger partial charge in [0.1, 0.15) is 5.41 Å². The van der Waals surface area contributed by atoms with Crippen molar-refractivity contribution in [2.45, 2.75) is 38.1 Å². The van der Waals surface area contributed by atoms with Crippen LogP contribution in [0.4, 0.5) is 5.69 Å². The first-order valence-corrected chi connectivity index (χ1v) is 11.6. The van der Waals surface area contributed by atoms with Gasteiger partial charge in [-0.05, 0) is 31.7 Å². The molecule has 2 saturated carbocycles. The Bertz CT molecular complexity index is 1370. The second-order valence-corrected chi connectivity index (χ2v) is 10.1. The van der Waals surface area contributed by atoms with Crippen LogP contribution in [0.25, 0.3) is 16.6 Å². The van der Waals surface area contributed by atoms with Crippen molar-refractivity contribution in [3.63, 3.8) is 0 Å². The van der Waals surface area contributed by atoms with Crippen LogP contribution in [0.3, 0.4) is 0 Å². The van der Waals surface area contributed by atoms with Crippen LogP contribution in [-0.2, 0) is 11.8 Å². The van der Waals surface area contributed by atoms with Gasteiger partial charge in [0, 0.05) is 49.1 Å². The second kappa shape index (κ2) is 7.06. The van der Waals surface area contributed by atoms with E-state index in [1.165, 1.54) is 6.20 Å². The molecule has 10 heteroatoms. The number of aryl methyl sites for hydroxylation is 1. The van der Waals surface area contributed by atoms with Gasteiger partial charge in [0.25, 0.3) is 5.91 Å². The summed E-state index contributed by atoms with van der Waals surface area (Å²) in [7, 11) is 1.86. The Kier molecular flexibility index (Phi) is 4.30. The van der Waals surface area contributed by atoms with Crippen LogP contribution < -0.4 is 11.1 Å². The molecular formula is C24H26N8O2. The minimum absolute atomic E-state index is 0.0410. The average molecular weight is 459 g/mol. The third-order valence-electron chi connectivity index (χ3n) is 7.92. The second-order valence-electron chi connectivity index (χ2n) is 10.1. The fraction of sp³-hybridized carbons (Fsp3) is 0.458. The van der Waals surface area contributed by atoms with E-state index in [-0.39, 0.29) is 17.4 Å². The maximum Gasteiger partial charge on any atom is 0.252 e. The molecule has 3 aromatic heterocycles. The van der Waals surface area contributed by atoms with Gasteiger partial charge in [-0.3, -0.25) is 14.3 Å². The van der Waals surface area contributed by atoms with Crippen molar-refractivity contribution >= 4 is 23.0 Å². The molecule has 2 amide bonds. The van der Waals surface area contributed by atoms with Gasteiger partial charge in [0.05, 0.1) is 41.3 Å². The molecule has 3 fully saturated rings. The summed E-state index contributed by atoms with van der Waals surface area (Å²) in [4.78, 5) is 27.3. The third-order valence-corrected chi connectivity index (χ3v) is 7.92. The van der Waals surface area contributed by atoms with Crippen LogP contribution in [0, 0.1) is 22.2 Å². The molecule has 10 nitrogen and oxygen atoms in total. The average Bonchev–Trinajstić information content (AvgIpc) is 3.10. The van der Waals surface area contributed by atoms with Crippen molar-refractivity contribution in [1.82, 2.24) is 24.3 Å². The Balaban J connectivity index is 1.38. The molecule has 2 aliphatic carbocycles. The third kappa shape index (κ3) is 3.00. The van der Waals surface area contributed by atoms with Crippen LogP contribution in [0.2, 0.25) is 0 Å². The van der Waals surface area contributed by atoms with Gasteiger partial charge in [-0.25, -0.2) is 4.52 Å². The first kappa shape index (κ1) is 20.7. The van der Waals surface area contributed by atoms with Gasteiger partial charge in [-0.2, -0.15) is 15.5 Å². The normalized spacial score (nSPS) is 21.9. The monoisotopic (exact) mass is 458 g/mol. The van der Waals surface area contributed by atoms with E-state index in [1.807, 2.05) is 30.4 Å². The van der Waals surface area contributed by atoms with Crippen LogP contribution in [0.5, 0.6) is 0 Å². The topological polar surface area (TPSA) is 134 Å². The largest absolute Gasteiger partial charge is 0.377 e. The molecule has 1 aliphatic heterocycles. The van der Waals surface area contributed by atoms with Crippen LogP contribution in [0.1, 0.15) is 42.5 Å². The molecule has 1 saturated heterocycles. The Morgan fingerprint density at radius 3 is 2.56 bits per heavy atom. The van der Waals surface area contributed by atoms with Gasteiger partial charge >= 0.3 is 0 Å². The van der Waals surface area contributed by atoms with Crippen LogP contribution in [0.15, 0.2) is 30.9 Å². The highest BCUT2D eigenvalue weighted by atomic mass is 16.2. The lowest BCUT2D eigenvalue weighted by molar-refractivity contribution is -0.134. The molecule has 3 aromatic rings. The summed E-state index contributed by atoms with van der Waals surface area (Å²) in [6.45, 7) is 1.15. The lowest BCUT2D eigenvalue weighted by Crippen LogP contribution is -2.45. The summed E-state index contributed by atoms with van der Waals surface area (Å²) in [5.74, 6) is -0.612. The van der Waals surface area contributed by atoms with E-state index < -0.39 is 11.3 Å². The number of carbonyl (C=O) groups excluding carboxylic acids is 2. The SMILES string of the molecule is Cn1cc(-c2cc3c(NC4CN(C(=O)C5(C#N)CC5)CC45CCC5)c(C(N)=O)cnn3c2)cn1. The Morgan fingerprint density at radius 1 is 1.18 bits per heavy atom. The highest BCUT2D eigenvalue weighted by molar-refractivity contribution is 6.02. The van der Waals surface area contributed by atoms with Gasteiger partial charge in [-0.15, -0.1) is 0 Å². The number of nitrogens with zero attached hydrogens (tertiary/aromatic N) is 6. The standard InChI is InChI=1S/C24H26N8O2/c1-30-10-16(8-27-30)15-7-18-20(17(21(26)33)9-28-32(18)11-15)29-19-12-31(14-24(19)3-2-4-24)22(34)23(13-25)5-6-23/h7-11,19,29H,2-6,12,14H2,1H3,(H2,26,33). The maximum absolute atomic E-state index is 13.1. The van der Waals surface area contributed by atoms with Gasteiger partial charge in [-0.1, -0.05) is 6.42 Å². The van der Waals surface area contributed by atoms with E-state index in [2.05, 4.69) is 21.6 Å². The number of aromatic nitrogens is 4. The number of nitrogens with one attached hydrogen (secondary N) is 1. The molecule has 1 spiro atoms. The molecule has 3 aliphatic rings. The van der Waals surface area contributed by atoms with E-state index in [9.17, 15) is 14.9 Å². The van der Waals surface area contributed by atoms with E-state index in [0.29, 0.717) is 37.2 Å². The maximum atomic E-state index is 13.1. The molecule has 34 heavy (non-hydrogen) atoms. The summed E-state index contributed by atoms with van der Waals surface area (Å²) in [5.41, 5.74) is 8.40. The summed E-state index contributed by atoms with van der Waals surface area (Å²) in [6.07, 6.45) is 11.5. The number of carbonyl (C=O) groups is 2. The number of hydrogen-bond acceptors (Lipinski definition) is 6. The molecule has 0 bridgehead atoms. The molecule has 3 N–H and O–H groups in total. The molecule has 0 radical (unpaired) electrons. The number of hydrogen-bond donors (Lipinski definition) is 2.